The van der Waals surface area contributed by atoms with Gasteiger partial charge in [0.1, 0.15) is 5.76 Å². The number of benzene rings is 1. The number of alkyl halides is 1. The van der Waals surface area contributed by atoms with Gasteiger partial charge in [0, 0.05) is 10.6 Å². The van der Waals surface area contributed by atoms with Gasteiger partial charge in [-0.3, -0.25) is 0 Å². The van der Waals surface area contributed by atoms with E-state index in [9.17, 15) is 0 Å². The maximum Gasteiger partial charge on any atom is 0.101 e. The van der Waals surface area contributed by atoms with Crippen molar-refractivity contribution in [1.82, 2.24) is 0 Å². The molecule has 1 unspecified atom stereocenters. The van der Waals surface area contributed by atoms with Crippen molar-refractivity contribution in [2.24, 2.45) is 0 Å². The summed E-state index contributed by atoms with van der Waals surface area (Å²) >= 11 is 12.1. The van der Waals surface area contributed by atoms with Crippen LogP contribution in [0.2, 0.25) is 5.02 Å². The van der Waals surface area contributed by atoms with E-state index in [4.69, 9.17) is 27.6 Å². The number of aryl methyl sites for hydroxylation is 1. The number of hydrogen-bond acceptors (Lipinski definition) is 1. The van der Waals surface area contributed by atoms with Gasteiger partial charge >= 0.3 is 0 Å². The molecule has 3 heteroatoms. The summed E-state index contributed by atoms with van der Waals surface area (Å²) in [7, 11) is 0. The van der Waals surface area contributed by atoms with Crippen molar-refractivity contribution in [2.45, 2.75) is 12.3 Å². The Balaban J connectivity index is 2.28. The molecule has 15 heavy (non-hydrogen) atoms. The first-order chi connectivity index (χ1) is 7.16. The Hall–Kier alpha value is -0.920. The maximum atomic E-state index is 6.29. The second kappa shape index (κ2) is 4.30. The Bertz CT molecular complexity index is 445. The van der Waals surface area contributed by atoms with E-state index in [-0.39, 0.29) is 5.38 Å². The standard InChI is InChI=1S/C12H10Cl2O/c1-8-6-10(7-15-8)12(14)9-2-4-11(13)5-3-9/h2-7,12H,1H3. The normalized spacial score (nSPS) is 12.7. The van der Waals surface area contributed by atoms with Crippen molar-refractivity contribution < 1.29 is 4.42 Å². The molecule has 1 aromatic heterocycles. The van der Waals surface area contributed by atoms with Crippen LogP contribution in [0, 0.1) is 6.92 Å². The highest BCUT2D eigenvalue weighted by Gasteiger charge is 2.12. The first-order valence-corrected chi connectivity index (χ1v) is 5.43. The summed E-state index contributed by atoms with van der Waals surface area (Å²) in [6, 6.07) is 9.44. The second-order valence-corrected chi connectivity index (χ2v) is 4.28. The van der Waals surface area contributed by atoms with Gasteiger partial charge in [0.2, 0.25) is 0 Å². The molecule has 0 fully saturated rings. The fourth-order valence-corrected chi connectivity index (χ4v) is 1.81. The average molecular weight is 241 g/mol. The Morgan fingerprint density at radius 1 is 1.13 bits per heavy atom. The lowest BCUT2D eigenvalue weighted by molar-refractivity contribution is 0.532. The molecule has 0 saturated heterocycles. The monoisotopic (exact) mass is 240 g/mol. The minimum Gasteiger partial charge on any atom is -0.469 e. The number of hydrogen-bond donors (Lipinski definition) is 0. The van der Waals surface area contributed by atoms with Crippen LogP contribution in [0.5, 0.6) is 0 Å². The Morgan fingerprint density at radius 3 is 2.33 bits per heavy atom. The predicted molar refractivity (Wildman–Crippen MR) is 62.6 cm³/mol. The molecular formula is C12H10Cl2O. The molecule has 1 atom stereocenters. The average Bonchev–Trinajstić information content (AvgIpc) is 2.65. The fraction of sp³-hybridized carbons (Fsp3) is 0.167. The highest BCUT2D eigenvalue weighted by Crippen LogP contribution is 2.30. The van der Waals surface area contributed by atoms with Crippen molar-refractivity contribution in [3.05, 3.63) is 58.5 Å². The first-order valence-electron chi connectivity index (χ1n) is 4.61. The highest BCUT2D eigenvalue weighted by molar-refractivity contribution is 6.30. The van der Waals surface area contributed by atoms with Gasteiger partial charge in [-0.15, -0.1) is 11.6 Å². The molecule has 0 radical (unpaired) electrons. The predicted octanol–water partition coefficient (Wildman–Crippen LogP) is 4.57. The van der Waals surface area contributed by atoms with Crippen LogP contribution >= 0.6 is 23.2 Å². The molecule has 0 aliphatic rings. The van der Waals surface area contributed by atoms with E-state index < -0.39 is 0 Å². The largest absolute Gasteiger partial charge is 0.469 e. The Labute approximate surface area is 98.6 Å². The SMILES string of the molecule is Cc1cc(C(Cl)c2ccc(Cl)cc2)co1. The summed E-state index contributed by atoms with van der Waals surface area (Å²) in [5.74, 6) is 0.865. The van der Waals surface area contributed by atoms with Gasteiger partial charge in [0.15, 0.2) is 0 Å². The number of rotatable bonds is 2. The van der Waals surface area contributed by atoms with Gasteiger partial charge in [0.05, 0.1) is 11.6 Å². The zero-order valence-electron chi connectivity index (χ0n) is 8.21. The Morgan fingerprint density at radius 2 is 1.80 bits per heavy atom. The first kappa shape index (κ1) is 10.6. The molecule has 2 aromatic rings. The van der Waals surface area contributed by atoms with Crippen LogP contribution < -0.4 is 0 Å². The lowest BCUT2D eigenvalue weighted by Gasteiger charge is -2.06. The summed E-state index contributed by atoms with van der Waals surface area (Å²) < 4.78 is 5.22. The van der Waals surface area contributed by atoms with E-state index in [1.54, 1.807) is 6.26 Å². The van der Waals surface area contributed by atoms with E-state index in [0.717, 1.165) is 16.9 Å². The van der Waals surface area contributed by atoms with Crippen LogP contribution in [0.1, 0.15) is 22.3 Å². The van der Waals surface area contributed by atoms with E-state index in [2.05, 4.69) is 0 Å². The molecular weight excluding hydrogens is 231 g/mol. The van der Waals surface area contributed by atoms with E-state index in [1.165, 1.54) is 0 Å². The molecule has 2 rings (SSSR count). The third-order valence-corrected chi connectivity index (χ3v) is 2.96. The van der Waals surface area contributed by atoms with Gasteiger partial charge in [-0.25, -0.2) is 0 Å². The summed E-state index contributed by atoms with van der Waals surface area (Å²) in [5.41, 5.74) is 1.98. The van der Waals surface area contributed by atoms with Crippen molar-refractivity contribution in [1.29, 1.82) is 0 Å². The summed E-state index contributed by atoms with van der Waals surface area (Å²) in [5, 5.41) is 0.533. The minimum absolute atomic E-state index is 0.181. The zero-order chi connectivity index (χ0) is 10.8. The number of furan rings is 1. The smallest absolute Gasteiger partial charge is 0.101 e. The van der Waals surface area contributed by atoms with Crippen molar-refractivity contribution in [2.75, 3.05) is 0 Å². The van der Waals surface area contributed by atoms with Crippen LogP contribution in [0.25, 0.3) is 0 Å². The molecule has 0 aliphatic carbocycles. The van der Waals surface area contributed by atoms with Crippen LogP contribution in [-0.2, 0) is 0 Å². The van der Waals surface area contributed by atoms with Crippen LogP contribution in [-0.4, -0.2) is 0 Å². The molecule has 0 saturated carbocycles. The van der Waals surface area contributed by atoms with Gasteiger partial charge < -0.3 is 4.42 Å². The third-order valence-electron chi connectivity index (χ3n) is 2.21. The summed E-state index contributed by atoms with van der Waals surface area (Å²) in [6.07, 6.45) is 1.68. The highest BCUT2D eigenvalue weighted by atomic mass is 35.5. The summed E-state index contributed by atoms with van der Waals surface area (Å²) in [6.45, 7) is 1.90. The van der Waals surface area contributed by atoms with Gasteiger partial charge in [0.25, 0.3) is 0 Å². The van der Waals surface area contributed by atoms with E-state index >= 15 is 0 Å². The van der Waals surface area contributed by atoms with Crippen molar-refractivity contribution >= 4 is 23.2 Å². The van der Waals surface area contributed by atoms with Crippen molar-refractivity contribution in [3.8, 4) is 0 Å². The van der Waals surface area contributed by atoms with E-state index in [1.807, 2.05) is 37.3 Å². The zero-order valence-corrected chi connectivity index (χ0v) is 9.72. The second-order valence-electron chi connectivity index (χ2n) is 3.40. The molecule has 1 nitrogen and oxygen atoms in total. The lowest BCUT2D eigenvalue weighted by atomic mass is 10.1. The fourth-order valence-electron chi connectivity index (χ4n) is 1.42. The molecule has 78 valence electrons. The topological polar surface area (TPSA) is 13.1 Å². The molecule has 1 aromatic carbocycles. The quantitative estimate of drug-likeness (QED) is 0.702. The van der Waals surface area contributed by atoms with Gasteiger partial charge in [-0.1, -0.05) is 23.7 Å². The third kappa shape index (κ3) is 2.36. The minimum atomic E-state index is -0.181. The Kier molecular flexibility index (Phi) is 3.03. The molecule has 0 spiro atoms. The van der Waals surface area contributed by atoms with Gasteiger partial charge in [-0.05, 0) is 30.7 Å². The number of halogens is 2. The molecule has 1 heterocycles. The van der Waals surface area contributed by atoms with Crippen LogP contribution in [0.15, 0.2) is 41.0 Å². The molecule has 0 aliphatic heterocycles. The molecule has 0 bridgehead atoms. The molecule has 0 N–H and O–H groups in total. The maximum absolute atomic E-state index is 6.29. The van der Waals surface area contributed by atoms with Crippen LogP contribution in [0.3, 0.4) is 0 Å². The summed E-state index contributed by atoms with van der Waals surface area (Å²) in [4.78, 5) is 0. The van der Waals surface area contributed by atoms with Crippen molar-refractivity contribution in [3.63, 3.8) is 0 Å². The lowest BCUT2D eigenvalue weighted by Crippen LogP contribution is -1.90. The van der Waals surface area contributed by atoms with Gasteiger partial charge in [-0.2, -0.15) is 0 Å². The van der Waals surface area contributed by atoms with E-state index in [0.29, 0.717) is 5.02 Å². The molecule has 0 amide bonds. The van der Waals surface area contributed by atoms with Crippen LogP contribution in [0.4, 0.5) is 0 Å².